The molecule has 2 amide bonds. The molecular weight excluding hydrogens is 713 g/mol. The van der Waals surface area contributed by atoms with Gasteiger partial charge in [0.1, 0.15) is 34.6 Å². The van der Waals surface area contributed by atoms with Gasteiger partial charge in [-0.25, -0.2) is 9.98 Å². The molecule has 0 aliphatic carbocycles. The molecule has 4 aromatic carbocycles. The maximum absolute atomic E-state index is 13.8. The van der Waals surface area contributed by atoms with Gasteiger partial charge in [-0.05, 0) is 109 Å². The molecule has 0 fully saturated rings. The maximum Gasteiger partial charge on any atom is 0.278 e. The molecule has 0 aromatic heterocycles. The summed E-state index contributed by atoms with van der Waals surface area (Å²) in [6.45, 7) is 0.957. The summed E-state index contributed by atoms with van der Waals surface area (Å²) in [5.74, 6) is 4.56. The van der Waals surface area contributed by atoms with Gasteiger partial charge in [-0.15, -0.1) is 0 Å². The van der Waals surface area contributed by atoms with Crippen LogP contribution in [0.25, 0.3) is 12.2 Å². The summed E-state index contributed by atoms with van der Waals surface area (Å²) in [5.41, 5.74) is 3.81. The molecule has 4 aromatic rings. The summed E-state index contributed by atoms with van der Waals surface area (Å²) in [5, 5.41) is 0. The molecule has 0 saturated carbocycles. The Morgan fingerprint density at radius 2 is 0.839 bits per heavy atom. The number of benzene rings is 4. The minimum atomic E-state index is -0.178. The number of unbranched alkanes of at least 4 members (excludes halogenated alkanes) is 3. The minimum absolute atomic E-state index is 0.178. The number of carbonyl (C=O) groups excluding carboxylic acids is 2. The second-order valence-electron chi connectivity index (χ2n) is 12.9. The lowest BCUT2D eigenvalue weighted by atomic mass is 10.1. The molecule has 0 N–H and O–H groups in total. The fourth-order valence-electron chi connectivity index (χ4n) is 6.53. The van der Waals surface area contributed by atoms with Crippen molar-refractivity contribution in [2.45, 2.75) is 25.7 Å². The number of aliphatic imine (C=N–C) groups is 2. The second kappa shape index (κ2) is 18.2. The summed E-state index contributed by atoms with van der Waals surface area (Å²) in [6, 6.07) is 26.0. The van der Waals surface area contributed by atoms with E-state index in [2.05, 4.69) is 0 Å². The summed E-state index contributed by atoms with van der Waals surface area (Å²) in [7, 11) is 9.54. The standard InChI is InChI=1S/C44H46N4O8/c1-51-33-17-13-31(14-18-33)41-45-35(25-29-11-21-37(53-3)39(27-29)55-5)43(49)47(41)23-9-7-8-10-24-48-42(32-15-19-34(52-2)20-16-32)46-36(44(48)50)26-30-12-22-38(54-4)40(28-30)56-6/h11-22,25-28H,7-10,23-24H2,1-6H3. The zero-order chi connectivity index (χ0) is 39.6. The number of hydrogen-bond acceptors (Lipinski definition) is 10. The summed E-state index contributed by atoms with van der Waals surface area (Å²) in [4.78, 5) is 40.8. The molecular formula is C44H46N4O8. The van der Waals surface area contributed by atoms with Gasteiger partial charge in [-0.3, -0.25) is 19.4 Å². The Bertz CT molecular complexity index is 2020. The molecule has 2 heterocycles. The lowest BCUT2D eigenvalue weighted by Gasteiger charge is -2.20. The first kappa shape index (κ1) is 39.1. The zero-order valence-corrected chi connectivity index (χ0v) is 32.5. The van der Waals surface area contributed by atoms with Crippen molar-refractivity contribution >= 4 is 35.6 Å². The molecule has 0 unspecified atom stereocenters. The van der Waals surface area contributed by atoms with Gasteiger partial charge < -0.3 is 28.4 Å². The molecule has 56 heavy (non-hydrogen) atoms. The van der Waals surface area contributed by atoms with Crippen molar-refractivity contribution in [2.75, 3.05) is 55.7 Å². The fraction of sp³-hybridized carbons (Fsp3) is 0.273. The maximum atomic E-state index is 13.8. The molecule has 290 valence electrons. The first-order chi connectivity index (χ1) is 27.3. The average Bonchev–Trinajstić information content (AvgIpc) is 3.72. The normalized spacial score (nSPS) is 15.3. The van der Waals surface area contributed by atoms with Crippen LogP contribution >= 0.6 is 0 Å². The van der Waals surface area contributed by atoms with Gasteiger partial charge in [0.2, 0.25) is 0 Å². The van der Waals surface area contributed by atoms with E-state index < -0.39 is 0 Å². The Morgan fingerprint density at radius 3 is 1.18 bits per heavy atom. The van der Waals surface area contributed by atoms with Gasteiger partial charge in [-0.1, -0.05) is 25.0 Å². The smallest absolute Gasteiger partial charge is 0.278 e. The first-order valence-corrected chi connectivity index (χ1v) is 18.3. The molecule has 0 spiro atoms. The minimum Gasteiger partial charge on any atom is -0.497 e. The molecule has 6 rings (SSSR count). The molecule has 0 atom stereocenters. The van der Waals surface area contributed by atoms with Crippen LogP contribution in [-0.2, 0) is 9.59 Å². The van der Waals surface area contributed by atoms with Gasteiger partial charge in [0.05, 0.1) is 42.7 Å². The quantitative estimate of drug-likeness (QED) is 0.0816. The van der Waals surface area contributed by atoms with Crippen LogP contribution in [-0.4, -0.2) is 89.0 Å². The largest absolute Gasteiger partial charge is 0.497 e. The lowest BCUT2D eigenvalue weighted by Crippen LogP contribution is -2.34. The van der Waals surface area contributed by atoms with Crippen molar-refractivity contribution in [1.29, 1.82) is 0 Å². The van der Waals surface area contributed by atoms with Crippen molar-refractivity contribution in [3.05, 3.63) is 119 Å². The van der Waals surface area contributed by atoms with E-state index in [0.29, 0.717) is 70.7 Å². The van der Waals surface area contributed by atoms with Crippen molar-refractivity contribution in [1.82, 2.24) is 9.80 Å². The van der Waals surface area contributed by atoms with Crippen molar-refractivity contribution in [3.8, 4) is 34.5 Å². The van der Waals surface area contributed by atoms with Crippen LogP contribution in [0.1, 0.15) is 47.9 Å². The van der Waals surface area contributed by atoms with Crippen LogP contribution in [0.2, 0.25) is 0 Å². The van der Waals surface area contributed by atoms with Gasteiger partial charge >= 0.3 is 0 Å². The van der Waals surface area contributed by atoms with Crippen LogP contribution in [0.4, 0.5) is 0 Å². The number of methoxy groups -OCH3 is 6. The highest BCUT2D eigenvalue weighted by Gasteiger charge is 2.32. The molecule has 12 nitrogen and oxygen atoms in total. The number of nitrogens with zero attached hydrogens (tertiary/aromatic N) is 4. The summed E-state index contributed by atoms with van der Waals surface area (Å²) >= 11 is 0. The Kier molecular flexibility index (Phi) is 12.7. The summed E-state index contributed by atoms with van der Waals surface area (Å²) in [6.07, 6.45) is 6.66. The van der Waals surface area contributed by atoms with E-state index in [1.807, 2.05) is 72.8 Å². The topological polar surface area (TPSA) is 121 Å². The third kappa shape index (κ3) is 8.70. The number of rotatable bonds is 17. The number of amides is 2. The van der Waals surface area contributed by atoms with Gasteiger partial charge in [-0.2, -0.15) is 0 Å². The van der Waals surface area contributed by atoms with E-state index in [4.69, 9.17) is 38.4 Å². The van der Waals surface area contributed by atoms with Crippen LogP contribution in [0.15, 0.2) is 106 Å². The van der Waals surface area contributed by atoms with Crippen LogP contribution in [0.3, 0.4) is 0 Å². The Labute approximate surface area is 327 Å². The average molecular weight is 759 g/mol. The molecule has 2 aliphatic heterocycles. The van der Waals surface area contributed by atoms with Crippen molar-refractivity contribution in [3.63, 3.8) is 0 Å². The lowest BCUT2D eigenvalue weighted by molar-refractivity contribution is -0.123. The van der Waals surface area contributed by atoms with E-state index in [1.165, 1.54) is 0 Å². The number of amidine groups is 2. The first-order valence-electron chi connectivity index (χ1n) is 18.3. The number of ether oxygens (including phenoxy) is 6. The number of hydrogen-bond donors (Lipinski definition) is 0. The second-order valence-corrected chi connectivity index (χ2v) is 12.9. The highest BCUT2D eigenvalue weighted by molar-refractivity contribution is 6.20. The fourth-order valence-corrected chi connectivity index (χ4v) is 6.53. The molecule has 2 aliphatic rings. The van der Waals surface area contributed by atoms with Crippen LogP contribution < -0.4 is 28.4 Å². The van der Waals surface area contributed by atoms with E-state index >= 15 is 0 Å². The highest BCUT2D eigenvalue weighted by atomic mass is 16.5. The van der Waals surface area contributed by atoms with Gasteiger partial charge in [0, 0.05) is 24.2 Å². The van der Waals surface area contributed by atoms with Crippen molar-refractivity contribution in [2.24, 2.45) is 9.98 Å². The Hall–Kier alpha value is -6.56. The predicted molar refractivity (Wildman–Crippen MR) is 216 cm³/mol. The van der Waals surface area contributed by atoms with E-state index in [9.17, 15) is 9.59 Å². The van der Waals surface area contributed by atoms with Crippen LogP contribution in [0.5, 0.6) is 34.5 Å². The Balaban J connectivity index is 1.14. The van der Waals surface area contributed by atoms with E-state index in [-0.39, 0.29) is 11.8 Å². The van der Waals surface area contributed by atoms with Crippen molar-refractivity contribution < 1.29 is 38.0 Å². The van der Waals surface area contributed by atoms with E-state index in [1.54, 1.807) is 76.7 Å². The molecule has 0 radical (unpaired) electrons. The predicted octanol–water partition coefficient (Wildman–Crippen LogP) is 7.26. The highest BCUT2D eigenvalue weighted by Crippen LogP contribution is 2.32. The Morgan fingerprint density at radius 1 is 0.464 bits per heavy atom. The SMILES string of the molecule is COc1ccc(C2=NC(=Cc3ccc(OC)c(OC)c3)C(=O)N2CCCCCCN2C(=O)C(=Cc3ccc(OC)c(OC)c3)N=C2c2ccc(OC)cc2)cc1. The summed E-state index contributed by atoms with van der Waals surface area (Å²) < 4.78 is 32.4. The third-order valence-electron chi connectivity index (χ3n) is 9.52. The monoisotopic (exact) mass is 758 g/mol. The molecule has 12 heteroatoms. The molecule has 0 saturated heterocycles. The van der Waals surface area contributed by atoms with Gasteiger partial charge in [0.25, 0.3) is 11.8 Å². The van der Waals surface area contributed by atoms with Gasteiger partial charge in [0.15, 0.2) is 23.0 Å². The van der Waals surface area contributed by atoms with Crippen LogP contribution in [0, 0.1) is 0 Å². The van der Waals surface area contributed by atoms with E-state index in [0.717, 1.165) is 47.9 Å². The number of carbonyl (C=O) groups is 2. The third-order valence-corrected chi connectivity index (χ3v) is 9.52. The molecule has 0 bridgehead atoms. The zero-order valence-electron chi connectivity index (χ0n) is 32.5.